The monoisotopic (exact) mass is 334 g/mol. The number of carbonyl (C=O) groups excluding carboxylic acids is 1. The summed E-state index contributed by atoms with van der Waals surface area (Å²) in [7, 11) is 0. The van der Waals surface area contributed by atoms with Gasteiger partial charge in [-0.3, -0.25) is 9.69 Å². The predicted molar refractivity (Wildman–Crippen MR) is 90.3 cm³/mol. The van der Waals surface area contributed by atoms with Crippen LogP contribution in [0, 0.1) is 0 Å². The van der Waals surface area contributed by atoms with E-state index in [1.54, 1.807) is 17.0 Å². The zero-order valence-electron chi connectivity index (χ0n) is 14.4. The number of amides is 1. The molecule has 2 aliphatic rings. The van der Waals surface area contributed by atoms with Crippen molar-refractivity contribution >= 4 is 5.91 Å². The first-order valence-corrected chi connectivity index (χ1v) is 8.60. The molecule has 3 rings (SSSR count). The number of aliphatic hydroxyl groups excluding tert-OH is 1. The number of nitrogens with zero attached hydrogens (tertiary/aromatic N) is 2. The van der Waals surface area contributed by atoms with Gasteiger partial charge in [0.15, 0.2) is 0 Å². The molecule has 0 spiro atoms. The van der Waals surface area contributed by atoms with E-state index in [4.69, 9.17) is 9.47 Å². The van der Waals surface area contributed by atoms with Crippen molar-refractivity contribution in [3.8, 4) is 5.75 Å². The van der Waals surface area contributed by atoms with Crippen molar-refractivity contribution in [1.82, 2.24) is 9.80 Å². The lowest BCUT2D eigenvalue weighted by molar-refractivity contribution is -0.00611. The summed E-state index contributed by atoms with van der Waals surface area (Å²) >= 11 is 0. The Bertz CT molecular complexity index is 555. The maximum Gasteiger partial charge on any atom is 0.254 e. The van der Waals surface area contributed by atoms with Gasteiger partial charge < -0.3 is 19.5 Å². The molecule has 1 aromatic rings. The van der Waals surface area contributed by atoms with Crippen LogP contribution in [0.3, 0.4) is 0 Å². The van der Waals surface area contributed by atoms with E-state index in [0.717, 1.165) is 18.8 Å². The van der Waals surface area contributed by atoms with Gasteiger partial charge in [-0.15, -0.1) is 0 Å². The highest BCUT2D eigenvalue weighted by molar-refractivity contribution is 5.94. The first-order chi connectivity index (χ1) is 11.5. The summed E-state index contributed by atoms with van der Waals surface area (Å²) in [5.41, 5.74) is 0.626. The SMILES string of the molecule is CC(C)Oc1ccc(C(=O)N2C[C@@H](O)[C@H](N3CCOCC3)C2)cc1. The van der Waals surface area contributed by atoms with Crippen LogP contribution in [-0.4, -0.2) is 78.5 Å². The van der Waals surface area contributed by atoms with Crippen molar-refractivity contribution in [2.75, 3.05) is 39.4 Å². The Kier molecular flexibility index (Phi) is 5.38. The Morgan fingerprint density at radius 3 is 2.50 bits per heavy atom. The quantitative estimate of drug-likeness (QED) is 0.890. The number of β-amino-alcohol motifs (C(OH)–C–C–N with tert-alkyl or cyclic N) is 1. The Morgan fingerprint density at radius 1 is 1.21 bits per heavy atom. The minimum Gasteiger partial charge on any atom is -0.491 e. The van der Waals surface area contributed by atoms with Gasteiger partial charge in [0.05, 0.1) is 31.5 Å². The molecule has 2 atom stereocenters. The summed E-state index contributed by atoms with van der Waals surface area (Å²) in [6.45, 7) is 7.88. The second-order valence-corrected chi connectivity index (χ2v) is 6.68. The van der Waals surface area contributed by atoms with E-state index in [1.807, 2.05) is 26.0 Å². The molecular formula is C18H26N2O4. The predicted octanol–water partition coefficient (Wildman–Crippen LogP) is 0.991. The largest absolute Gasteiger partial charge is 0.491 e. The summed E-state index contributed by atoms with van der Waals surface area (Å²) in [6.07, 6.45) is -0.398. The Hall–Kier alpha value is -1.63. The van der Waals surface area contributed by atoms with Gasteiger partial charge in [0.2, 0.25) is 0 Å². The van der Waals surface area contributed by atoms with Crippen LogP contribution in [-0.2, 0) is 4.74 Å². The van der Waals surface area contributed by atoms with E-state index in [0.29, 0.717) is 31.9 Å². The molecule has 2 saturated heterocycles. The molecule has 2 heterocycles. The van der Waals surface area contributed by atoms with E-state index in [-0.39, 0.29) is 18.1 Å². The van der Waals surface area contributed by atoms with E-state index < -0.39 is 6.10 Å². The van der Waals surface area contributed by atoms with Gasteiger partial charge in [-0.05, 0) is 38.1 Å². The average molecular weight is 334 g/mol. The topological polar surface area (TPSA) is 62.2 Å². The van der Waals surface area contributed by atoms with Crippen LogP contribution in [0.2, 0.25) is 0 Å². The highest BCUT2D eigenvalue weighted by Crippen LogP contribution is 2.21. The molecule has 24 heavy (non-hydrogen) atoms. The third-order valence-corrected chi connectivity index (χ3v) is 4.53. The van der Waals surface area contributed by atoms with Crippen LogP contribution in [0.15, 0.2) is 24.3 Å². The van der Waals surface area contributed by atoms with Gasteiger partial charge in [0, 0.05) is 31.7 Å². The molecule has 132 valence electrons. The van der Waals surface area contributed by atoms with Gasteiger partial charge in [-0.1, -0.05) is 0 Å². The zero-order valence-corrected chi connectivity index (χ0v) is 14.4. The summed E-state index contributed by atoms with van der Waals surface area (Å²) in [6, 6.07) is 7.21. The fourth-order valence-corrected chi connectivity index (χ4v) is 3.33. The van der Waals surface area contributed by atoms with E-state index in [1.165, 1.54) is 0 Å². The molecule has 1 amide bonds. The van der Waals surface area contributed by atoms with E-state index in [9.17, 15) is 9.90 Å². The Balaban J connectivity index is 1.62. The number of aliphatic hydroxyl groups is 1. The van der Waals surface area contributed by atoms with Gasteiger partial charge in [-0.25, -0.2) is 0 Å². The molecule has 0 saturated carbocycles. The van der Waals surface area contributed by atoms with Crippen molar-refractivity contribution in [1.29, 1.82) is 0 Å². The molecule has 6 nitrogen and oxygen atoms in total. The maximum absolute atomic E-state index is 12.7. The molecule has 1 aromatic carbocycles. The van der Waals surface area contributed by atoms with Gasteiger partial charge >= 0.3 is 0 Å². The summed E-state index contributed by atoms with van der Waals surface area (Å²) in [4.78, 5) is 16.6. The standard InChI is InChI=1S/C18H26N2O4/c1-13(2)24-15-5-3-14(4-6-15)18(22)20-11-16(17(21)12-20)19-7-9-23-10-8-19/h3-6,13,16-17,21H,7-12H2,1-2H3/t16-,17-/m1/s1. The van der Waals surface area contributed by atoms with Gasteiger partial charge in [-0.2, -0.15) is 0 Å². The molecule has 1 N–H and O–H groups in total. The van der Waals surface area contributed by atoms with Crippen LogP contribution < -0.4 is 4.74 Å². The number of rotatable bonds is 4. The fourth-order valence-electron chi connectivity index (χ4n) is 3.33. The first-order valence-electron chi connectivity index (χ1n) is 8.60. The van der Waals surface area contributed by atoms with Crippen molar-refractivity contribution in [3.05, 3.63) is 29.8 Å². The van der Waals surface area contributed by atoms with Crippen LogP contribution in [0.5, 0.6) is 5.75 Å². The van der Waals surface area contributed by atoms with Crippen LogP contribution in [0.25, 0.3) is 0 Å². The van der Waals surface area contributed by atoms with Crippen molar-refractivity contribution in [3.63, 3.8) is 0 Å². The minimum atomic E-state index is -0.504. The number of hydrogen-bond donors (Lipinski definition) is 1. The molecule has 6 heteroatoms. The highest BCUT2D eigenvalue weighted by atomic mass is 16.5. The van der Waals surface area contributed by atoms with E-state index in [2.05, 4.69) is 4.90 Å². The molecule has 2 fully saturated rings. The number of carbonyl (C=O) groups is 1. The van der Waals surface area contributed by atoms with Crippen molar-refractivity contribution in [2.24, 2.45) is 0 Å². The summed E-state index contributed by atoms with van der Waals surface area (Å²) < 4.78 is 11.0. The van der Waals surface area contributed by atoms with Gasteiger partial charge in [0.25, 0.3) is 5.91 Å². The number of benzene rings is 1. The summed E-state index contributed by atoms with van der Waals surface area (Å²) in [5, 5.41) is 10.4. The number of likely N-dealkylation sites (tertiary alicyclic amines) is 1. The van der Waals surface area contributed by atoms with E-state index >= 15 is 0 Å². The average Bonchev–Trinajstić information content (AvgIpc) is 2.97. The smallest absolute Gasteiger partial charge is 0.254 e. The number of ether oxygens (including phenoxy) is 2. The van der Waals surface area contributed by atoms with Crippen molar-refractivity contribution in [2.45, 2.75) is 32.1 Å². The minimum absolute atomic E-state index is 0.00129. The first kappa shape index (κ1) is 17.2. The third-order valence-electron chi connectivity index (χ3n) is 4.53. The normalized spacial score (nSPS) is 25.2. The lowest BCUT2D eigenvalue weighted by atomic mass is 10.1. The second kappa shape index (κ2) is 7.51. The van der Waals surface area contributed by atoms with Gasteiger partial charge in [0.1, 0.15) is 5.75 Å². The zero-order chi connectivity index (χ0) is 17.1. The lowest BCUT2D eigenvalue weighted by Gasteiger charge is -2.33. The number of morpholine rings is 1. The molecule has 0 bridgehead atoms. The maximum atomic E-state index is 12.7. The van der Waals surface area contributed by atoms with Crippen LogP contribution >= 0.6 is 0 Å². The third kappa shape index (κ3) is 3.88. The lowest BCUT2D eigenvalue weighted by Crippen LogP contribution is -2.49. The molecule has 0 unspecified atom stereocenters. The molecule has 2 aliphatic heterocycles. The summed E-state index contributed by atoms with van der Waals surface area (Å²) in [5.74, 6) is 0.718. The molecule has 0 aliphatic carbocycles. The molecule has 0 aromatic heterocycles. The van der Waals surface area contributed by atoms with Crippen LogP contribution in [0.4, 0.5) is 0 Å². The fraction of sp³-hybridized carbons (Fsp3) is 0.611. The highest BCUT2D eigenvalue weighted by Gasteiger charge is 2.38. The molecular weight excluding hydrogens is 308 g/mol. The Morgan fingerprint density at radius 2 is 1.88 bits per heavy atom. The number of hydrogen-bond acceptors (Lipinski definition) is 5. The Labute approximate surface area is 143 Å². The van der Waals surface area contributed by atoms with Crippen molar-refractivity contribution < 1.29 is 19.4 Å². The second-order valence-electron chi connectivity index (χ2n) is 6.68. The van der Waals surface area contributed by atoms with Crippen LogP contribution in [0.1, 0.15) is 24.2 Å². The molecule has 0 radical (unpaired) electrons.